The molecule has 0 spiro atoms. The van der Waals surface area contributed by atoms with Crippen LogP contribution < -0.4 is 0 Å². The van der Waals surface area contributed by atoms with Crippen molar-refractivity contribution in [3.8, 4) is 0 Å². The Morgan fingerprint density at radius 1 is 1.19 bits per heavy atom. The van der Waals surface area contributed by atoms with Gasteiger partial charge < -0.3 is 9.47 Å². The molecule has 0 N–H and O–H groups in total. The Kier molecular flexibility index (Phi) is 6.09. The summed E-state index contributed by atoms with van der Waals surface area (Å²) in [6.07, 6.45) is 4.08. The molecule has 1 saturated heterocycles. The SMILES string of the molecule is Cc1ncn(CC(=O)N(C)CC2CCN(Cc3ccccc3)CC2)c1C. The molecule has 140 valence electrons. The Bertz CT molecular complexity index is 717. The number of piperidine rings is 1. The van der Waals surface area contributed by atoms with Crippen molar-refractivity contribution in [1.82, 2.24) is 19.4 Å². The molecule has 5 heteroatoms. The van der Waals surface area contributed by atoms with E-state index >= 15 is 0 Å². The molecular formula is C21H30N4O. The summed E-state index contributed by atoms with van der Waals surface area (Å²) in [5.41, 5.74) is 3.44. The number of carbonyl (C=O) groups is 1. The number of rotatable bonds is 6. The number of likely N-dealkylation sites (tertiary alicyclic amines) is 1. The highest BCUT2D eigenvalue weighted by Gasteiger charge is 2.22. The lowest BCUT2D eigenvalue weighted by molar-refractivity contribution is -0.131. The molecule has 1 aromatic carbocycles. The first-order chi connectivity index (χ1) is 12.5. The van der Waals surface area contributed by atoms with Crippen molar-refractivity contribution in [3.63, 3.8) is 0 Å². The van der Waals surface area contributed by atoms with Gasteiger partial charge in [-0.15, -0.1) is 0 Å². The Morgan fingerprint density at radius 2 is 1.88 bits per heavy atom. The van der Waals surface area contributed by atoms with Crippen LogP contribution in [-0.4, -0.2) is 51.9 Å². The highest BCUT2D eigenvalue weighted by Crippen LogP contribution is 2.20. The lowest BCUT2D eigenvalue weighted by Gasteiger charge is -2.34. The van der Waals surface area contributed by atoms with Crippen LogP contribution in [0.1, 0.15) is 29.8 Å². The summed E-state index contributed by atoms with van der Waals surface area (Å²) in [5, 5.41) is 0. The summed E-state index contributed by atoms with van der Waals surface area (Å²) < 4.78 is 1.94. The number of benzene rings is 1. The first-order valence-electron chi connectivity index (χ1n) is 9.51. The zero-order valence-electron chi connectivity index (χ0n) is 16.2. The average Bonchev–Trinajstić information content (AvgIpc) is 2.96. The monoisotopic (exact) mass is 354 g/mol. The summed E-state index contributed by atoms with van der Waals surface area (Å²) in [7, 11) is 1.93. The number of imidazole rings is 1. The molecule has 1 amide bonds. The van der Waals surface area contributed by atoms with E-state index in [2.05, 4.69) is 40.2 Å². The number of likely N-dealkylation sites (N-methyl/N-ethyl adjacent to an activating group) is 1. The molecule has 2 aromatic rings. The van der Waals surface area contributed by atoms with Gasteiger partial charge in [0.1, 0.15) is 6.54 Å². The first kappa shape index (κ1) is 18.6. The minimum atomic E-state index is 0.164. The molecule has 5 nitrogen and oxygen atoms in total. The van der Waals surface area contributed by atoms with Crippen molar-refractivity contribution < 1.29 is 4.79 Å². The van der Waals surface area contributed by atoms with Crippen molar-refractivity contribution in [3.05, 3.63) is 53.6 Å². The average molecular weight is 354 g/mol. The Labute approximate surface area is 156 Å². The maximum Gasteiger partial charge on any atom is 0.242 e. The Balaban J connectivity index is 1.43. The van der Waals surface area contributed by atoms with Crippen LogP contribution in [0.3, 0.4) is 0 Å². The molecule has 0 aliphatic carbocycles. The number of hydrogen-bond donors (Lipinski definition) is 0. The van der Waals surface area contributed by atoms with Crippen molar-refractivity contribution in [1.29, 1.82) is 0 Å². The van der Waals surface area contributed by atoms with Gasteiger partial charge in [0.15, 0.2) is 0 Å². The second-order valence-electron chi connectivity index (χ2n) is 7.52. The summed E-state index contributed by atoms with van der Waals surface area (Å²) in [5.74, 6) is 0.763. The topological polar surface area (TPSA) is 41.4 Å². The van der Waals surface area contributed by atoms with Crippen molar-refractivity contribution >= 4 is 5.91 Å². The smallest absolute Gasteiger partial charge is 0.242 e. The van der Waals surface area contributed by atoms with Crippen LogP contribution in [0.5, 0.6) is 0 Å². The number of aromatic nitrogens is 2. The summed E-state index contributed by atoms with van der Waals surface area (Å²) >= 11 is 0. The fourth-order valence-electron chi connectivity index (χ4n) is 3.63. The minimum absolute atomic E-state index is 0.164. The quantitative estimate of drug-likeness (QED) is 0.801. The number of amides is 1. The van der Waals surface area contributed by atoms with Gasteiger partial charge in [0.05, 0.1) is 12.0 Å². The second-order valence-corrected chi connectivity index (χ2v) is 7.52. The second kappa shape index (κ2) is 8.49. The summed E-state index contributed by atoms with van der Waals surface area (Å²) in [4.78, 5) is 21.2. The number of hydrogen-bond acceptors (Lipinski definition) is 3. The van der Waals surface area contributed by atoms with E-state index in [-0.39, 0.29) is 5.91 Å². The van der Waals surface area contributed by atoms with Gasteiger partial charge in [0, 0.05) is 25.8 Å². The Hall–Kier alpha value is -2.14. The van der Waals surface area contributed by atoms with Crippen molar-refractivity contribution in [2.24, 2.45) is 5.92 Å². The van der Waals surface area contributed by atoms with Crippen molar-refractivity contribution in [2.75, 3.05) is 26.7 Å². The third-order valence-corrected chi connectivity index (χ3v) is 5.56. The minimum Gasteiger partial charge on any atom is -0.344 e. The molecule has 1 aliphatic heterocycles. The molecule has 0 unspecified atom stereocenters. The normalized spacial score (nSPS) is 16.0. The summed E-state index contributed by atoms with van der Waals surface area (Å²) in [6.45, 7) is 8.48. The van der Waals surface area contributed by atoms with Gasteiger partial charge in [-0.3, -0.25) is 9.69 Å². The van der Waals surface area contributed by atoms with Crippen LogP contribution in [0.25, 0.3) is 0 Å². The van der Waals surface area contributed by atoms with E-state index in [1.807, 2.05) is 30.4 Å². The van der Waals surface area contributed by atoms with E-state index in [1.54, 1.807) is 6.33 Å². The van der Waals surface area contributed by atoms with E-state index in [4.69, 9.17) is 0 Å². The fourth-order valence-corrected chi connectivity index (χ4v) is 3.63. The molecule has 0 saturated carbocycles. The van der Waals surface area contributed by atoms with Crippen LogP contribution in [0.15, 0.2) is 36.7 Å². The zero-order valence-corrected chi connectivity index (χ0v) is 16.2. The molecule has 26 heavy (non-hydrogen) atoms. The van der Waals surface area contributed by atoms with Gasteiger partial charge in [-0.05, 0) is 51.3 Å². The highest BCUT2D eigenvalue weighted by molar-refractivity contribution is 5.75. The third-order valence-electron chi connectivity index (χ3n) is 5.56. The van der Waals surface area contributed by atoms with E-state index in [9.17, 15) is 4.79 Å². The molecule has 1 fully saturated rings. The summed E-state index contributed by atoms with van der Waals surface area (Å²) in [6, 6.07) is 10.7. The number of aryl methyl sites for hydroxylation is 1. The van der Waals surface area contributed by atoms with Crippen LogP contribution in [-0.2, 0) is 17.9 Å². The van der Waals surface area contributed by atoms with Crippen LogP contribution in [0, 0.1) is 19.8 Å². The molecule has 0 bridgehead atoms. The lowest BCUT2D eigenvalue weighted by atomic mass is 9.96. The van der Waals surface area contributed by atoms with Gasteiger partial charge in [-0.1, -0.05) is 30.3 Å². The van der Waals surface area contributed by atoms with E-state index in [0.29, 0.717) is 12.5 Å². The zero-order chi connectivity index (χ0) is 18.5. The predicted octanol–water partition coefficient (Wildman–Crippen LogP) is 2.87. The van der Waals surface area contributed by atoms with Gasteiger partial charge in [-0.25, -0.2) is 4.98 Å². The Morgan fingerprint density at radius 3 is 2.50 bits per heavy atom. The molecular weight excluding hydrogens is 324 g/mol. The largest absolute Gasteiger partial charge is 0.344 e. The maximum atomic E-state index is 12.5. The molecule has 1 aliphatic rings. The van der Waals surface area contributed by atoms with Gasteiger partial charge in [-0.2, -0.15) is 0 Å². The van der Waals surface area contributed by atoms with E-state index < -0.39 is 0 Å². The lowest BCUT2D eigenvalue weighted by Crippen LogP contribution is -2.40. The van der Waals surface area contributed by atoms with Crippen molar-refractivity contribution in [2.45, 2.75) is 39.8 Å². The van der Waals surface area contributed by atoms with Crippen LogP contribution in [0.2, 0.25) is 0 Å². The molecule has 3 rings (SSSR count). The highest BCUT2D eigenvalue weighted by atomic mass is 16.2. The van der Waals surface area contributed by atoms with Crippen LogP contribution in [0.4, 0.5) is 0 Å². The molecule has 0 radical (unpaired) electrons. The van der Waals surface area contributed by atoms with Gasteiger partial charge >= 0.3 is 0 Å². The van der Waals surface area contributed by atoms with Crippen LogP contribution >= 0.6 is 0 Å². The number of carbonyl (C=O) groups excluding carboxylic acids is 1. The molecule has 2 heterocycles. The predicted molar refractivity (Wildman–Crippen MR) is 104 cm³/mol. The first-order valence-corrected chi connectivity index (χ1v) is 9.51. The van der Waals surface area contributed by atoms with Gasteiger partial charge in [0.2, 0.25) is 5.91 Å². The van der Waals surface area contributed by atoms with Gasteiger partial charge in [0.25, 0.3) is 0 Å². The maximum absolute atomic E-state index is 12.5. The molecule has 0 atom stereocenters. The number of nitrogens with zero attached hydrogens (tertiary/aromatic N) is 4. The van der Waals surface area contributed by atoms with E-state index in [0.717, 1.165) is 50.4 Å². The fraction of sp³-hybridized carbons (Fsp3) is 0.524. The standard InChI is InChI=1S/C21H30N4O/c1-17-18(2)25(16-22-17)15-21(26)23(3)13-20-9-11-24(12-10-20)14-19-7-5-4-6-8-19/h4-8,16,20H,9-15H2,1-3H3. The molecule has 1 aromatic heterocycles. The van der Waals surface area contributed by atoms with E-state index in [1.165, 1.54) is 5.56 Å². The third kappa shape index (κ3) is 4.73.